The van der Waals surface area contributed by atoms with Crippen LogP contribution in [0.4, 0.5) is 5.69 Å². The first-order valence-corrected chi connectivity index (χ1v) is 2.66. The molecule has 58 valence electrons. The normalized spacial score (nSPS) is 9.45. The van der Waals surface area contributed by atoms with Crippen LogP contribution < -0.4 is 5.73 Å². The summed E-state index contributed by atoms with van der Waals surface area (Å²) in [7, 11) is 0. The molecule has 0 unspecified atom stereocenters. The molecule has 0 atom stereocenters. The molecule has 0 radical (unpaired) electrons. The van der Waals surface area contributed by atoms with Crippen LogP contribution in [0.25, 0.3) is 0 Å². The quantitative estimate of drug-likeness (QED) is 0.502. The molecule has 1 aromatic heterocycles. The van der Waals surface area contributed by atoms with Gasteiger partial charge in [-0.2, -0.15) is 4.98 Å². The van der Waals surface area contributed by atoms with Gasteiger partial charge in [-0.25, -0.2) is 9.78 Å². The standard InChI is InChI=1S/C5H5N3O3/c6-2-1-7-5(11)8-3(2)4(9)10/h1H,6H2,(H,9,10)(H,7,8,11). The number of nitrogens with zero attached hydrogens (tertiary/aromatic N) is 2. The van der Waals surface area contributed by atoms with Crippen molar-refractivity contribution in [1.29, 1.82) is 0 Å². The summed E-state index contributed by atoms with van der Waals surface area (Å²) in [6.45, 7) is 0. The lowest BCUT2D eigenvalue weighted by Gasteiger charge is -1.97. The number of carbonyl (C=O) groups is 1. The van der Waals surface area contributed by atoms with E-state index >= 15 is 0 Å². The number of rotatable bonds is 1. The van der Waals surface area contributed by atoms with E-state index in [9.17, 15) is 4.79 Å². The molecule has 0 aliphatic rings. The van der Waals surface area contributed by atoms with Gasteiger partial charge in [-0.05, 0) is 0 Å². The second-order valence-electron chi connectivity index (χ2n) is 1.78. The van der Waals surface area contributed by atoms with Crippen LogP contribution in [0.15, 0.2) is 6.20 Å². The molecule has 0 aliphatic carbocycles. The van der Waals surface area contributed by atoms with Gasteiger partial charge in [0, 0.05) is 0 Å². The molecule has 1 aromatic rings. The van der Waals surface area contributed by atoms with Crippen molar-refractivity contribution in [1.82, 2.24) is 9.97 Å². The van der Waals surface area contributed by atoms with E-state index < -0.39 is 17.7 Å². The molecule has 1 heterocycles. The van der Waals surface area contributed by atoms with Crippen molar-refractivity contribution in [3.63, 3.8) is 0 Å². The summed E-state index contributed by atoms with van der Waals surface area (Å²) in [5, 5.41) is 17.1. The first kappa shape index (κ1) is 7.26. The monoisotopic (exact) mass is 155 g/mol. The predicted molar refractivity (Wildman–Crippen MR) is 35.1 cm³/mol. The van der Waals surface area contributed by atoms with E-state index in [0.717, 1.165) is 6.20 Å². The van der Waals surface area contributed by atoms with Crippen molar-refractivity contribution in [2.24, 2.45) is 0 Å². The summed E-state index contributed by atoms with van der Waals surface area (Å²) in [6.07, 6.45) is 1.03. The number of aromatic nitrogens is 2. The molecule has 0 amide bonds. The Hall–Kier alpha value is -1.85. The van der Waals surface area contributed by atoms with E-state index in [1.54, 1.807) is 0 Å². The molecule has 0 aliphatic heterocycles. The van der Waals surface area contributed by atoms with Gasteiger partial charge in [-0.15, -0.1) is 0 Å². The molecule has 0 aromatic carbocycles. The highest BCUT2D eigenvalue weighted by molar-refractivity contribution is 5.90. The minimum Gasteiger partial charge on any atom is -0.479 e. The van der Waals surface area contributed by atoms with Gasteiger partial charge in [-0.3, -0.25) is 0 Å². The first-order valence-electron chi connectivity index (χ1n) is 2.66. The summed E-state index contributed by atoms with van der Waals surface area (Å²) in [5.74, 6) is -1.29. The highest BCUT2D eigenvalue weighted by Gasteiger charge is 2.10. The van der Waals surface area contributed by atoms with Crippen LogP contribution in [-0.4, -0.2) is 26.2 Å². The van der Waals surface area contributed by atoms with Crippen LogP contribution in [0.5, 0.6) is 6.01 Å². The lowest BCUT2D eigenvalue weighted by atomic mass is 10.3. The summed E-state index contributed by atoms with van der Waals surface area (Å²) in [5.41, 5.74) is 4.71. The van der Waals surface area contributed by atoms with Crippen molar-refractivity contribution in [3.05, 3.63) is 11.9 Å². The van der Waals surface area contributed by atoms with Crippen molar-refractivity contribution in [3.8, 4) is 6.01 Å². The first-order chi connectivity index (χ1) is 5.11. The van der Waals surface area contributed by atoms with Gasteiger partial charge < -0.3 is 15.9 Å². The number of aromatic carboxylic acids is 1. The molecule has 0 saturated carbocycles. The lowest BCUT2D eigenvalue weighted by molar-refractivity contribution is 0.0690. The lowest BCUT2D eigenvalue weighted by Crippen LogP contribution is -2.05. The maximum atomic E-state index is 10.3. The van der Waals surface area contributed by atoms with Crippen molar-refractivity contribution < 1.29 is 15.0 Å². The Labute approximate surface area is 61.3 Å². The number of hydrogen-bond acceptors (Lipinski definition) is 5. The van der Waals surface area contributed by atoms with Crippen LogP contribution in [0.1, 0.15) is 10.5 Å². The van der Waals surface area contributed by atoms with Crippen LogP contribution in [-0.2, 0) is 0 Å². The number of carboxylic acid groups (broad SMARTS) is 1. The number of aromatic hydroxyl groups is 1. The molecule has 0 spiro atoms. The summed E-state index contributed by atoms with van der Waals surface area (Å²) < 4.78 is 0. The smallest absolute Gasteiger partial charge is 0.356 e. The Morgan fingerprint density at radius 2 is 2.27 bits per heavy atom. The number of nitrogens with two attached hydrogens (primary N) is 1. The van der Waals surface area contributed by atoms with E-state index in [0.29, 0.717) is 0 Å². The number of nitrogen functional groups attached to an aromatic ring is 1. The number of carboxylic acids is 1. The van der Waals surface area contributed by atoms with Crippen LogP contribution >= 0.6 is 0 Å². The summed E-state index contributed by atoms with van der Waals surface area (Å²) >= 11 is 0. The average molecular weight is 155 g/mol. The molecule has 0 saturated heterocycles. The van der Waals surface area contributed by atoms with E-state index in [4.69, 9.17) is 15.9 Å². The third kappa shape index (κ3) is 1.34. The van der Waals surface area contributed by atoms with E-state index in [-0.39, 0.29) is 5.69 Å². The number of anilines is 1. The highest BCUT2D eigenvalue weighted by atomic mass is 16.4. The molecule has 6 nitrogen and oxygen atoms in total. The second kappa shape index (κ2) is 2.41. The zero-order valence-electron chi connectivity index (χ0n) is 5.35. The molecule has 0 fully saturated rings. The molecule has 0 bridgehead atoms. The average Bonchev–Trinajstić information content (AvgIpc) is 1.94. The highest BCUT2D eigenvalue weighted by Crippen LogP contribution is 2.09. The minimum absolute atomic E-state index is 0.0738. The largest absolute Gasteiger partial charge is 0.479 e. The van der Waals surface area contributed by atoms with E-state index in [2.05, 4.69) is 9.97 Å². The molecule has 1 rings (SSSR count). The number of hydrogen-bond donors (Lipinski definition) is 3. The maximum Gasteiger partial charge on any atom is 0.356 e. The van der Waals surface area contributed by atoms with Gasteiger partial charge >= 0.3 is 12.0 Å². The fourth-order valence-electron chi connectivity index (χ4n) is 0.553. The Morgan fingerprint density at radius 1 is 1.64 bits per heavy atom. The van der Waals surface area contributed by atoms with Crippen molar-refractivity contribution >= 4 is 11.7 Å². The van der Waals surface area contributed by atoms with Gasteiger partial charge in [0.25, 0.3) is 0 Å². The third-order valence-corrected chi connectivity index (χ3v) is 1.01. The van der Waals surface area contributed by atoms with Crippen LogP contribution in [0, 0.1) is 0 Å². The Balaban J connectivity index is 3.23. The zero-order valence-corrected chi connectivity index (χ0v) is 5.35. The zero-order chi connectivity index (χ0) is 8.43. The van der Waals surface area contributed by atoms with Gasteiger partial charge in [0.15, 0.2) is 5.69 Å². The fraction of sp³-hybridized carbons (Fsp3) is 0. The molecule has 6 heteroatoms. The van der Waals surface area contributed by atoms with Crippen molar-refractivity contribution in [2.75, 3.05) is 5.73 Å². The van der Waals surface area contributed by atoms with Crippen LogP contribution in [0.2, 0.25) is 0 Å². The fourth-order valence-corrected chi connectivity index (χ4v) is 0.553. The molecular formula is C5H5N3O3. The van der Waals surface area contributed by atoms with Gasteiger partial charge in [0.05, 0.1) is 11.9 Å². The SMILES string of the molecule is Nc1cnc(O)nc1C(=O)O. The Kier molecular flexibility index (Phi) is 1.59. The molecule has 11 heavy (non-hydrogen) atoms. The van der Waals surface area contributed by atoms with Crippen molar-refractivity contribution in [2.45, 2.75) is 0 Å². The minimum atomic E-state index is -1.29. The molecular weight excluding hydrogens is 150 g/mol. The second-order valence-corrected chi connectivity index (χ2v) is 1.78. The summed E-state index contributed by atoms with van der Waals surface area (Å²) in [4.78, 5) is 16.8. The predicted octanol–water partition coefficient (Wildman–Crippen LogP) is -0.537. The van der Waals surface area contributed by atoms with E-state index in [1.165, 1.54) is 0 Å². The topological polar surface area (TPSA) is 109 Å². The summed E-state index contributed by atoms with van der Waals surface area (Å²) in [6, 6.07) is -0.600. The van der Waals surface area contributed by atoms with Gasteiger partial charge in [0.1, 0.15) is 0 Å². The van der Waals surface area contributed by atoms with Gasteiger partial charge in [0.2, 0.25) is 0 Å². The van der Waals surface area contributed by atoms with Gasteiger partial charge in [-0.1, -0.05) is 0 Å². The maximum absolute atomic E-state index is 10.3. The third-order valence-electron chi connectivity index (χ3n) is 1.01. The van der Waals surface area contributed by atoms with Crippen LogP contribution in [0.3, 0.4) is 0 Å². The Bertz CT molecular complexity index is 299. The molecule has 4 N–H and O–H groups in total. The Morgan fingerprint density at radius 3 is 2.73 bits per heavy atom. The van der Waals surface area contributed by atoms with E-state index in [1.807, 2.05) is 0 Å².